The van der Waals surface area contributed by atoms with Crippen LogP contribution in [0.2, 0.25) is 0 Å². The van der Waals surface area contributed by atoms with Gasteiger partial charge < -0.3 is 65.0 Å². The molecule has 0 spiro atoms. The van der Waals surface area contributed by atoms with Crippen LogP contribution in [0.1, 0.15) is 111 Å². The molecule has 16 atom stereocenters. The van der Waals surface area contributed by atoms with E-state index in [1.54, 1.807) is 0 Å². The Morgan fingerprint density at radius 2 is 1.57 bits per heavy atom. The number of rotatable bonds is 21. The van der Waals surface area contributed by atoms with Crippen LogP contribution in [0, 0.1) is 17.8 Å². The number of ketones is 1. The van der Waals surface area contributed by atoms with Crippen molar-refractivity contribution in [2.24, 2.45) is 17.8 Å². The summed E-state index contributed by atoms with van der Waals surface area (Å²) in [5.74, 6) is -3.75. The summed E-state index contributed by atoms with van der Waals surface area (Å²) in [6, 6.07) is -1.34. The van der Waals surface area contributed by atoms with Crippen LogP contribution in [0.25, 0.3) is 0 Å². The van der Waals surface area contributed by atoms with Gasteiger partial charge in [0.25, 0.3) is 10.1 Å². The SMILES string of the molecule is CCC1CC(C(=O)CCCNC(=O)CC(CC)S(=O)(=O)O)C[C@@H](O[C@@H]2O[C@@H](CO)[C@H](O)C(O[C@@H](CC3CCCCC3)C(=O)O)C2NC(C)=O)[C@@H]1O[C@@H]1OC(C)[C@@H](O)[C@H](O)C1O. The molecule has 4 fully saturated rings. The molecule has 2 aliphatic carbocycles. The molecule has 4 rings (SSSR count). The van der Waals surface area contributed by atoms with Gasteiger partial charge in [0.15, 0.2) is 18.7 Å². The molecule has 2 saturated carbocycles. The number of carboxylic acids is 1. The standard InChI is InChI=1S/C40H68N2O18S/c1-5-23-16-24(26(45)13-10-14-41-30(46)18-25(6-2)61(53,54)55)17-27(36(23)60-40-35(50)34(49)32(47)20(3)56-40)58-39-31(42-21(4)44)37(33(48)29(19-43)59-39)57-28(38(51)52)15-22-11-8-7-9-12-22/h20,22-25,27-29,31-37,39-40,43,47-50H,5-19H2,1-4H3,(H,41,46)(H,42,44)(H,51,52)(H,53,54,55)/t20?,23?,24?,25?,27-,28+,29+,31?,32-,33+,34+,35?,36-,37?,39-,40+/m1/s1. The van der Waals surface area contributed by atoms with E-state index in [0.717, 1.165) is 32.1 Å². The van der Waals surface area contributed by atoms with E-state index < -0.39 is 138 Å². The highest BCUT2D eigenvalue weighted by molar-refractivity contribution is 7.86. The van der Waals surface area contributed by atoms with E-state index >= 15 is 0 Å². The van der Waals surface area contributed by atoms with Crippen LogP contribution in [0.15, 0.2) is 0 Å². The summed E-state index contributed by atoms with van der Waals surface area (Å²) in [7, 11) is -4.42. The van der Waals surface area contributed by atoms with Crippen molar-refractivity contribution in [3.05, 3.63) is 0 Å². The quantitative estimate of drug-likeness (QED) is 0.0538. The van der Waals surface area contributed by atoms with Gasteiger partial charge in [-0.05, 0) is 50.9 Å². The highest BCUT2D eigenvalue weighted by Crippen LogP contribution is 2.40. The Morgan fingerprint density at radius 3 is 2.16 bits per heavy atom. The third kappa shape index (κ3) is 14.0. The summed E-state index contributed by atoms with van der Waals surface area (Å²) in [6.07, 6.45) is -11.4. The first-order chi connectivity index (χ1) is 28.8. The van der Waals surface area contributed by atoms with Crippen molar-refractivity contribution >= 4 is 33.7 Å². The zero-order valence-electron chi connectivity index (χ0n) is 35.5. The third-order valence-electron chi connectivity index (χ3n) is 12.6. The van der Waals surface area contributed by atoms with Gasteiger partial charge in [0.1, 0.15) is 48.4 Å². The lowest BCUT2D eigenvalue weighted by Gasteiger charge is -2.49. The summed E-state index contributed by atoms with van der Waals surface area (Å²) in [5, 5.41) is 67.9. The smallest absolute Gasteiger partial charge is 0.332 e. The first-order valence-corrected chi connectivity index (χ1v) is 23.2. The van der Waals surface area contributed by atoms with E-state index in [9.17, 15) is 62.8 Å². The number of aliphatic carboxylic acids is 1. The minimum absolute atomic E-state index is 0.00187. The average molecular weight is 897 g/mol. The molecule has 0 aromatic carbocycles. The summed E-state index contributed by atoms with van der Waals surface area (Å²) < 4.78 is 63.4. The number of ether oxygens (including phenoxy) is 5. The molecule has 9 N–H and O–H groups in total. The van der Waals surface area contributed by atoms with Crippen LogP contribution in [0.5, 0.6) is 0 Å². The molecule has 21 heteroatoms. The fourth-order valence-corrected chi connectivity index (χ4v) is 9.84. The lowest BCUT2D eigenvalue weighted by molar-refractivity contribution is -0.338. The summed E-state index contributed by atoms with van der Waals surface area (Å²) in [6.45, 7) is 5.35. The molecule has 61 heavy (non-hydrogen) atoms. The summed E-state index contributed by atoms with van der Waals surface area (Å²) in [4.78, 5) is 51.5. The first-order valence-electron chi connectivity index (χ1n) is 21.6. The molecule has 7 unspecified atom stereocenters. The van der Waals surface area contributed by atoms with Crippen LogP contribution in [-0.2, 0) is 53.0 Å². The fraction of sp³-hybridized carbons (Fsp3) is 0.900. The molecule has 0 radical (unpaired) electrons. The Balaban J connectivity index is 1.60. The Kier molecular flexibility index (Phi) is 19.7. The van der Waals surface area contributed by atoms with E-state index in [2.05, 4.69) is 10.6 Å². The zero-order valence-corrected chi connectivity index (χ0v) is 36.3. The number of aliphatic hydroxyl groups is 5. The predicted octanol–water partition coefficient (Wildman–Crippen LogP) is -0.0659. The minimum atomic E-state index is -4.42. The van der Waals surface area contributed by atoms with Crippen molar-refractivity contribution in [1.29, 1.82) is 0 Å². The number of Topliss-reactive ketones (excluding diaryl/α,β-unsaturated/α-hetero) is 1. The minimum Gasteiger partial charge on any atom is -0.479 e. The van der Waals surface area contributed by atoms with Gasteiger partial charge in [0, 0.05) is 32.2 Å². The number of hydrogen-bond donors (Lipinski definition) is 9. The number of amides is 2. The van der Waals surface area contributed by atoms with E-state index in [1.165, 1.54) is 20.8 Å². The van der Waals surface area contributed by atoms with Gasteiger partial charge in [0.2, 0.25) is 11.8 Å². The molecule has 2 amide bonds. The second kappa shape index (κ2) is 23.5. The number of carboxylic acid groups (broad SMARTS) is 1. The van der Waals surface area contributed by atoms with Gasteiger partial charge in [-0.1, -0.05) is 52.4 Å². The van der Waals surface area contributed by atoms with Crippen LogP contribution in [-0.4, -0.2) is 165 Å². The molecule has 2 heterocycles. The van der Waals surface area contributed by atoms with Gasteiger partial charge in [-0.2, -0.15) is 8.42 Å². The molecule has 0 aromatic heterocycles. The number of hydrogen-bond acceptors (Lipinski definition) is 16. The second-order valence-corrected chi connectivity index (χ2v) is 18.8. The number of carbonyl (C=O) groups is 4. The maximum atomic E-state index is 13.8. The Bertz CT molecular complexity index is 1550. The average Bonchev–Trinajstić information content (AvgIpc) is 3.21. The second-order valence-electron chi connectivity index (χ2n) is 17.1. The van der Waals surface area contributed by atoms with Gasteiger partial charge in [-0.15, -0.1) is 0 Å². The molecule has 20 nitrogen and oxygen atoms in total. The molecular weight excluding hydrogens is 829 g/mol. The normalized spacial score (nSPS) is 36.1. The van der Waals surface area contributed by atoms with Crippen molar-refractivity contribution in [1.82, 2.24) is 10.6 Å². The summed E-state index contributed by atoms with van der Waals surface area (Å²) in [5.41, 5.74) is 0. The lowest BCUT2D eigenvalue weighted by atomic mass is 9.74. The van der Waals surface area contributed by atoms with Crippen molar-refractivity contribution < 1.29 is 86.5 Å². The fourth-order valence-electron chi connectivity index (χ4n) is 9.06. The van der Waals surface area contributed by atoms with Crippen LogP contribution in [0.3, 0.4) is 0 Å². The molecule has 0 aromatic rings. The molecule has 0 bridgehead atoms. The van der Waals surface area contributed by atoms with E-state index in [4.69, 9.17) is 23.7 Å². The Morgan fingerprint density at radius 1 is 0.885 bits per heavy atom. The van der Waals surface area contributed by atoms with Gasteiger partial charge >= 0.3 is 5.97 Å². The molecule has 4 aliphatic rings. The molecular formula is C40H68N2O18S. The predicted molar refractivity (Wildman–Crippen MR) is 213 cm³/mol. The van der Waals surface area contributed by atoms with E-state index in [1.807, 2.05) is 6.92 Å². The largest absolute Gasteiger partial charge is 0.479 e. The Hall–Kier alpha value is -2.41. The summed E-state index contributed by atoms with van der Waals surface area (Å²) >= 11 is 0. The van der Waals surface area contributed by atoms with Gasteiger partial charge in [0.05, 0.1) is 30.2 Å². The number of aliphatic hydroxyl groups excluding tert-OH is 5. The van der Waals surface area contributed by atoms with Crippen LogP contribution >= 0.6 is 0 Å². The molecule has 2 saturated heterocycles. The van der Waals surface area contributed by atoms with Crippen LogP contribution in [0.4, 0.5) is 0 Å². The van der Waals surface area contributed by atoms with Crippen molar-refractivity contribution in [3.8, 4) is 0 Å². The Labute approximate surface area is 357 Å². The zero-order chi connectivity index (χ0) is 45.2. The topological polar surface area (TPSA) is 314 Å². The number of carbonyl (C=O) groups excluding carboxylic acids is 3. The van der Waals surface area contributed by atoms with Gasteiger partial charge in [-0.3, -0.25) is 18.9 Å². The third-order valence-corrected chi connectivity index (χ3v) is 14.0. The van der Waals surface area contributed by atoms with Crippen molar-refractivity contribution in [2.75, 3.05) is 13.2 Å². The lowest BCUT2D eigenvalue weighted by Crippen LogP contribution is -2.67. The number of nitrogens with one attached hydrogen (secondary N) is 2. The monoisotopic (exact) mass is 896 g/mol. The molecule has 352 valence electrons. The van der Waals surface area contributed by atoms with Gasteiger partial charge in [-0.25, -0.2) is 4.79 Å². The molecule has 2 aliphatic heterocycles. The highest BCUT2D eigenvalue weighted by atomic mass is 32.2. The van der Waals surface area contributed by atoms with E-state index in [0.29, 0.717) is 6.42 Å². The maximum absolute atomic E-state index is 13.8. The first kappa shape index (κ1) is 51.2. The van der Waals surface area contributed by atoms with E-state index in [-0.39, 0.29) is 56.8 Å². The highest BCUT2D eigenvalue weighted by Gasteiger charge is 2.53. The van der Waals surface area contributed by atoms with Crippen molar-refractivity contribution in [2.45, 2.75) is 196 Å². The van der Waals surface area contributed by atoms with Crippen LogP contribution < -0.4 is 10.6 Å². The maximum Gasteiger partial charge on any atom is 0.332 e. The van der Waals surface area contributed by atoms with Crippen molar-refractivity contribution in [3.63, 3.8) is 0 Å².